The van der Waals surface area contributed by atoms with Gasteiger partial charge >= 0.3 is 6.09 Å². The number of ether oxygens (including phenoxy) is 2. The van der Waals surface area contributed by atoms with E-state index in [1.54, 1.807) is 37.4 Å². The Balaban J connectivity index is 0.977. The molecule has 2 N–H and O–H groups in total. The van der Waals surface area contributed by atoms with Crippen molar-refractivity contribution in [2.75, 3.05) is 62.0 Å². The van der Waals surface area contributed by atoms with E-state index >= 15 is 0 Å². The average Bonchev–Trinajstić information content (AvgIpc) is 3.68. The lowest BCUT2D eigenvalue weighted by atomic mass is 9.92. The van der Waals surface area contributed by atoms with E-state index in [9.17, 15) is 14.4 Å². The third-order valence-corrected chi connectivity index (χ3v) is 11.4. The van der Waals surface area contributed by atoms with Crippen LogP contribution in [0.4, 0.5) is 27.9 Å². The van der Waals surface area contributed by atoms with Crippen molar-refractivity contribution in [2.45, 2.75) is 122 Å². The summed E-state index contributed by atoms with van der Waals surface area (Å²) in [5.74, 6) is 2.34. The van der Waals surface area contributed by atoms with Gasteiger partial charge < -0.3 is 39.7 Å². The highest BCUT2D eigenvalue weighted by Gasteiger charge is 2.41. The van der Waals surface area contributed by atoms with Crippen LogP contribution in [-0.4, -0.2) is 108 Å². The largest absolute Gasteiger partial charge is 0.495 e. The highest BCUT2D eigenvalue weighted by atomic mass is 16.6. The van der Waals surface area contributed by atoms with E-state index in [1.165, 1.54) is 6.42 Å². The first-order valence-corrected chi connectivity index (χ1v) is 19.8. The zero-order valence-electron chi connectivity index (χ0n) is 32.7. The van der Waals surface area contributed by atoms with Crippen molar-refractivity contribution in [3.63, 3.8) is 0 Å². The molecule has 0 unspecified atom stereocenters. The summed E-state index contributed by atoms with van der Waals surface area (Å²) in [6.07, 6.45) is 12.9. The van der Waals surface area contributed by atoms with Gasteiger partial charge in [0.15, 0.2) is 5.82 Å². The van der Waals surface area contributed by atoms with E-state index in [0.29, 0.717) is 35.3 Å². The van der Waals surface area contributed by atoms with E-state index in [1.807, 2.05) is 31.7 Å². The Hall–Kier alpha value is -4.13. The van der Waals surface area contributed by atoms with Crippen LogP contribution in [0.15, 0.2) is 24.4 Å². The molecule has 3 aliphatic heterocycles. The Kier molecular flexibility index (Phi) is 12.3. The highest BCUT2D eigenvalue weighted by Crippen LogP contribution is 2.40. The number of amides is 3. The van der Waals surface area contributed by atoms with Gasteiger partial charge in [-0.2, -0.15) is 4.98 Å². The number of methoxy groups -OCH3 is 1. The molecule has 1 aliphatic carbocycles. The molecule has 3 amide bonds. The summed E-state index contributed by atoms with van der Waals surface area (Å²) >= 11 is 0. The van der Waals surface area contributed by atoms with Crippen LogP contribution < -0.4 is 25.2 Å². The molecule has 4 heterocycles. The monoisotopic (exact) mass is 732 g/mol. The molecule has 0 radical (unpaired) electrons. The van der Waals surface area contributed by atoms with Crippen LogP contribution in [0.2, 0.25) is 0 Å². The SMILES string of the molecule is CC[C@@H]1C(=O)N(C)c2cnc(Nc3ccc(C(=O)NC4CCN(CCCC5CCN(C(=O)OC(C)(C)C)CC5)CC4)cc3OC)nc2N1C1CCCC1. The molecule has 290 valence electrons. The topological polar surface area (TPSA) is 132 Å². The summed E-state index contributed by atoms with van der Waals surface area (Å²) < 4.78 is 11.3. The number of nitrogens with one attached hydrogen (secondary N) is 2. The Morgan fingerprint density at radius 2 is 1.72 bits per heavy atom. The molecule has 1 saturated carbocycles. The van der Waals surface area contributed by atoms with Crippen LogP contribution in [-0.2, 0) is 9.53 Å². The molecule has 2 aromatic rings. The molecule has 1 atom stereocenters. The first-order chi connectivity index (χ1) is 25.4. The predicted molar refractivity (Wildman–Crippen MR) is 207 cm³/mol. The van der Waals surface area contributed by atoms with Crippen LogP contribution in [0.25, 0.3) is 0 Å². The maximum absolute atomic E-state index is 13.4. The normalized spacial score (nSPS) is 20.8. The van der Waals surface area contributed by atoms with Crippen molar-refractivity contribution in [2.24, 2.45) is 5.92 Å². The quantitative estimate of drug-likeness (QED) is 0.269. The van der Waals surface area contributed by atoms with Crippen molar-refractivity contribution in [3.8, 4) is 5.75 Å². The van der Waals surface area contributed by atoms with Gasteiger partial charge in [-0.15, -0.1) is 0 Å². The summed E-state index contributed by atoms with van der Waals surface area (Å²) in [5, 5.41) is 6.56. The molecule has 2 saturated heterocycles. The minimum Gasteiger partial charge on any atom is -0.495 e. The van der Waals surface area contributed by atoms with Crippen LogP contribution in [0.3, 0.4) is 0 Å². The zero-order valence-corrected chi connectivity index (χ0v) is 32.7. The number of likely N-dealkylation sites (tertiary alicyclic amines) is 2. The predicted octanol–water partition coefficient (Wildman–Crippen LogP) is 6.35. The number of rotatable bonds is 11. The molecule has 53 heavy (non-hydrogen) atoms. The van der Waals surface area contributed by atoms with Crippen LogP contribution in [0.5, 0.6) is 5.75 Å². The average molecular weight is 733 g/mol. The van der Waals surface area contributed by atoms with Gasteiger partial charge in [0.25, 0.3) is 5.91 Å². The molecule has 1 aromatic carbocycles. The zero-order chi connectivity index (χ0) is 37.7. The van der Waals surface area contributed by atoms with Gasteiger partial charge in [0.1, 0.15) is 23.1 Å². The number of carbonyl (C=O) groups is 3. The van der Waals surface area contributed by atoms with Crippen molar-refractivity contribution >= 4 is 41.0 Å². The number of fused-ring (bicyclic) bond motifs is 1. The van der Waals surface area contributed by atoms with E-state index < -0.39 is 5.60 Å². The maximum Gasteiger partial charge on any atom is 0.410 e. The molecule has 0 bridgehead atoms. The Morgan fingerprint density at radius 1 is 1.00 bits per heavy atom. The number of nitrogens with zero attached hydrogens (tertiary/aromatic N) is 6. The molecule has 1 aromatic heterocycles. The number of piperidine rings is 2. The van der Waals surface area contributed by atoms with Crippen molar-refractivity contribution < 1.29 is 23.9 Å². The molecular formula is C40H60N8O5. The standard InChI is InChI=1S/C40H60N8O5/c1-7-32-37(50)45(5)33-26-41-38(44-35(33)48(32)30-12-8-9-13-30)43-31-15-14-28(25-34(31)52-6)36(49)42-29-18-21-46(22-19-29)20-10-11-27-16-23-47(24-17-27)39(51)53-40(2,3)4/h14-15,25-27,29-30,32H,7-13,16-24H2,1-6H3,(H,42,49)(H,41,43,44)/t32-/m1/s1. The van der Waals surface area contributed by atoms with Crippen LogP contribution in [0, 0.1) is 5.92 Å². The number of hydrogen-bond donors (Lipinski definition) is 2. The van der Waals surface area contributed by atoms with Crippen LogP contribution >= 0.6 is 0 Å². The fourth-order valence-corrected chi connectivity index (χ4v) is 8.40. The third-order valence-electron chi connectivity index (χ3n) is 11.4. The third kappa shape index (κ3) is 9.34. The first kappa shape index (κ1) is 38.6. The number of anilines is 4. The molecule has 3 fully saturated rings. The Morgan fingerprint density at radius 3 is 2.38 bits per heavy atom. The van der Waals surface area contributed by atoms with Gasteiger partial charge in [-0.05, 0) is 109 Å². The Bertz CT molecular complexity index is 1590. The second-order valence-electron chi connectivity index (χ2n) is 16.3. The molecule has 6 rings (SSSR count). The minimum absolute atomic E-state index is 0.0824. The lowest BCUT2D eigenvalue weighted by molar-refractivity contribution is -0.120. The lowest BCUT2D eigenvalue weighted by Gasteiger charge is -2.43. The summed E-state index contributed by atoms with van der Waals surface area (Å²) in [6.45, 7) is 12.3. The first-order valence-electron chi connectivity index (χ1n) is 19.8. The van der Waals surface area contributed by atoms with Gasteiger partial charge in [-0.1, -0.05) is 19.8 Å². The van der Waals surface area contributed by atoms with Crippen molar-refractivity contribution in [1.82, 2.24) is 25.1 Å². The van der Waals surface area contributed by atoms with Gasteiger partial charge in [0, 0.05) is 50.9 Å². The van der Waals surface area contributed by atoms with Crippen LogP contribution in [0.1, 0.15) is 109 Å². The van der Waals surface area contributed by atoms with Gasteiger partial charge in [-0.3, -0.25) is 9.59 Å². The van der Waals surface area contributed by atoms with E-state index in [-0.39, 0.29) is 36.0 Å². The number of benzene rings is 1. The van der Waals surface area contributed by atoms with Crippen molar-refractivity contribution in [3.05, 3.63) is 30.0 Å². The van der Waals surface area contributed by atoms with Gasteiger partial charge in [0.2, 0.25) is 11.9 Å². The maximum atomic E-state index is 13.4. The molecular weight excluding hydrogens is 672 g/mol. The van der Waals surface area contributed by atoms with Gasteiger partial charge in [0.05, 0.1) is 19.0 Å². The van der Waals surface area contributed by atoms with E-state index in [4.69, 9.17) is 14.5 Å². The second-order valence-corrected chi connectivity index (χ2v) is 16.3. The van der Waals surface area contributed by atoms with E-state index in [0.717, 1.165) is 102 Å². The summed E-state index contributed by atoms with van der Waals surface area (Å²) in [4.78, 5) is 56.8. The molecule has 13 heteroatoms. The van der Waals surface area contributed by atoms with E-state index in [2.05, 4.69) is 32.3 Å². The number of carbonyl (C=O) groups excluding carboxylic acids is 3. The fourth-order valence-electron chi connectivity index (χ4n) is 8.40. The highest BCUT2D eigenvalue weighted by molar-refractivity contribution is 6.04. The molecule has 4 aliphatic rings. The van der Waals surface area contributed by atoms with Crippen molar-refractivity contribution in [1.29, 1.82) is 0 Å². The number of likely N-dealkylation sites (N-methyl/N-ethyl adjacent to an activating group) is 1. The minimum atomic E-state index is -0.458. The molecule has 13 nitrogen and oxygen atoms in total. The second kappa shape index (κ2) is 16.9. The fraction of sp³-hybridized carbons (Fsp3) is 0.675. The number of aromatic nitrogens is 2. The smallest absolute Gasteiger partial charge is 0.410 e. The summed E-state index contributed by atoms with van der Waals surface area (Å²) in [6, 6.07) is 5.56. The number of hydrogen-bond acceptors (Lipinski definition) is 10. The van der Waals surface area contributed by atoms with Gasteiger partial charge in [-0.25, -0.2) is 9.78 Å². The summed E-state index contributed by atoms with van der Waals surface area (Å²) in [7, 11) is 3.39. The lowest BCUT2D eigenvalue weighted by Crippen LogP contribution is -2.55. The Labute approximate surface area is 315 Å². The summed E-state index contributed by atoms with van der Waals surface area (Å²) in [5.41, 5.74) is 1.46. The molecule has 0 spiro atoms.